The Bertz CT molecular complexity index is 146. The van der Waals surface area contributed by atoms with Gasteiger partial charge in [0.1, 0.15) is 6.04 Å². The standard InChI is InChI=1S/C8H15NO2.ClH/c1-9-7(8(10)11)6-4-2-3-5-6;/h6-7,9H,2-5H2,1H3,(H,10,11);1H/t7-;/m0./s1. The Labute approximate surface area is 78.9 Å². The molecule has 1 aliphatic carbocycles. The Morgan fingerprint density at radius 1 is 1.50 bits per heavy atom. The Balaban J connectivity index is 0.00000121. The van der Waals surface area contributed by atoms with Crippen LogP contribution in [0.3, 0.4) is 0 Å². The fourth-order valence-electron chi connectivity index (χ4n) is 1.85. The average Bonchev–Trinajstić information content (AvgIpc) is 2.40. The first kappa shape index (κ1) is 11.7. The number of carboxylic acid groups (broad SMARTS) is 1. The molecule has 0 radical (unpaired) electrons. The summed E-state index contributed by atoms with van der Waals surface area (Å²) in [6, 6.07) is -0.322. The second-order valence-corrected chi connectivity index (χ2v) is 3.15. The second-order valence-electron chi connectivity index (χ2n) is 3.15. The van der Waals surface area contributed by atoms with Crippen LogP contribution in [-0.2, 0) is 4.79 Å². The summed E-state index contributed by atoms with van der Waals surface area (Å²) in [6.07, 6.45) is 4.52. The first-order valence-electron chi connectivity index (χ1n) is 4.15. The molecule has 0 bridgehead atoms. The number of carbonyl (C=O) groups is 1. The van der Waals surface area contributed by atoms with Gasteiger partial charge in [-0.3, -0.25) is 4.79 Å². The lowest BCUT2D eigenvalue weighted by Crippen LogP contribution is -2.39. The molecule has 0 saturated heterocycles. The molecular weight excluding hydrogens is 178 g/mol. The minimum absolute atomic E-state index is 0. The van der Waals surface area contributed by atoms with Crippen LogP contribution in [0.5, 0.6) is 0 Å². The molecule has 0 spiro atoms. The van der Waals surface area contributed by atoms with Crippen LogP contribution in [-0.4, -0.2) is 24.2 Å². The van der Waals surface area contributed by atoms with Gasteiger partial charge in [-0.1, -0.05) is 12.8 Å². The number of likely N-dealkylation sites (N-methyl/N-ethyl adjacent to an activating group) is 1. The zero-order valence-electron chi connectivity index (χ0n) is 7.25. The largest absolute Gasteiger partial charge is 0.480 e. The summed E-state index contributed by atoms with van der Waals surface area (Å²) >= 11 is 0. The first-order chi connectivity index (χ1) is 5.25. The van der Waals surface area contributed by atoms with Gasteiger partial charge in [-0.05, 0) is 25.8 Å². The third kappa shape index (κ3) is 2.64. The number of carboxylic acids is 1. The molecule has 0 heterocycles. The van der Waals surface area contributed by atoms with Crippen molar-refractivity contribution in [3.63, 3.8) is 0 Å². The van der Waals surface area contributed by atoms with Gasteiger partial charge in [0.15, 0.2) is 0 Å². The average molecular weight is 194 g/mol. The van der Waals surface area contributed by atoms with Crippen LogP contribution in [0.4, 0.5) is 0 Å². The lowest BCUT2D eigenvalue weighted by atomic mass is 9.99. The van der Waals surface area contributed by atoms with Crippen molar-refractivity contribution in [3.05, 3.63) is 0 Å². The molecule has 1 rings (SSSR count). The smallest absolute Gasteiger partial charge is 0.320 e. The lowest BCUT2D eigenvalue weighted by Gasteiger charge is -2.17. The summed E-state index contributed by atoms with van der Waals surface area (Å²) in [5, 5.41) is 11.6. The molecule has 0 amide bonds. The maximum atomic E-state index is 10.7. The van der Waals surface area contributed by atoms with Gasteiger partial charge < -0.3 is 10.4 Å². The van der Waals surface area contributed by atoms with Crippen LogP contribution in [0.1, 0.15) is 25.7 Å². The van der Waals surface area contributed by atoms with E-state index in [1.807, 2.05) is 0 Å². The van der Waals surface area contributed by atoms with Gasteiger partial charge in [0.05, 0.1) is 0 Å². The number of hydrogen-bond acceptors (Lipinski definition) is 2. The summed E-state index contributed by atoms with van der Waals surface area (Å²) in [6.45, 7) is 0. The molecule has 0 aromatic carbocycles. The predicted octanol–water partition coefficient (Wildman–Crippen LogP) is 1.27. The SMILES string of the molecule is CN[C@H](C(=O)O)C1CCCC1.Cl. The van der Waals surface area contributed by atoms with Gasteiger partial charge in [0, 0.05) is 0 Å². The van der Waals surface area contributed by atoms with Crippen LogP contribution in [0.15, 0.2) is 0 Å². The van der Waals surface area contributed by atoms with Crippen molar-refractivity contribution in [2.45, 2.75) is 31.7 Å². The van der Waals surface area contributed by atoms with E-state index in [2.05, 4.69) is 5.32 Å². The number of aliphatic carboxylic acids is 1. The molecule has 72 valence electrons. The van der Waals surface area contributed by atoms with E-state index in [1.54, 1.807) is 7.05 Å². The van der Waals surface area contributed by atoms with Crippen molar-refractivity contribution in [2.75, 3.05) is 7.05 Å². The summed E-state index contributed by atoms with van der Waals surface area (Å²) in [7, 11) is 1.72. The molecule has 1 saturated carbocycles. The Kier molecular flexibility index (Phi) is 5.25. The van der Waals surface area contributed by atoms with Crippen molar-refractivity contribution in [1.29, 1.82) is 0 Å². The van der Waals surface area contributed by atoms with Crippen molar-refractivity contribution < 1.29 is 9.90 Å². The van der Waals surface area contributed by atoms with E-state index in [9.17, 15) is 4.79 Å². The van der Waals surface area contributed by atoms with Crippen LogP contribution in [0, 0.1) is 5.92 Å². The van der Waals surface area contributed by atoms with E-state index in [0.717, 1.165) is 12.8 Å². The predicted molar refractivity (Wildman–Crippen MR) is 49.7 cm³/mol. The lowest BCUT2D eigenvalue weighted by molar-refractivity contribution is -0.140. The maximum absolute atomic E-state index is 10.7. The number of hydrogen-bond donors (Lipinski definition) is 2. The third-order valence-corrected chi connectivity index (χ3v) is 2.45. The van der Waals surface area contributed by atoms with Gasteiger partial charge in [-0.2, -0.15) is 0 Å². The zero-order chi connectivity index (χ0) is 8.27. The molecule has 4 heteroatoms. The summed E-state index contributed by atoms with van der Waals surface area (Å²) in [4.78, 5) is 10.7. The first-order valence-corrected chi connectivity index (χ1v) is 4.15. The number of rotatable bonds is 3. The van der Waals surface area contributed by atoms with E-state index in [4.69, 9.17) is 5.11 Å². The van der Waals surface area contributed by atoms with Gasteiger partial charge in [0.25, 0.3) is 0 Å². The van der Waals surface area contributed by atoms with E-state index < -0.39 is 5.97 Å². The molecule has 3 nitrogen and oxygen atoms in total. The third-order valence-electron chi connectivity index (χ3n) is 2.45. The van der Waals surface area contributed by atoms with Gasteiger partial charge in [0.2, 0.25) is 0 Å². The molecule has 1 atom stereocenters. The zero-order valence-corrected chi connectivity index (χ0v) is 8.06. The van der Waals surface area contributed by atoms with Crippen LogP contribution in [0.25, 0.3) is 0 Å². The van der Waals surface area contributed by atoms with E-state index in [1.165, 1.54) is 12.8 Å². The van der Waals surface area contributed by atoms with Crippen molar-refractivity contribution in [2.24, 2.45) is 5.92 Å². The molecule has 1 fully saturated rings. The fourth-order valence-corrected chi connectivity index (χ4v) is 1.85. The highest BCUT2D eigenvalue weighted by Gasteiger charge is 2.28. The fraction of sp³-hybridized carbons (Fsp3) is 0.875. The maximum Gasteiger partial charge on any atom is 0.320 e. The minimum Gasteiger partial charge on any atom is -0.480 e. The molecule has 2 N–H and O–H groups in total. The van der Waals surface area contributed by atoms with Gasteiger partial charge in [-0.15, -0.1) is 12.4 Å². The van der Waals surface area contributed by atoms with Gasteiger partial charge >= 0.3 is 5.97 Å². The highest BCUT2D eigenvalue weighted by atomic mass is 35.5. The molecule has 0 aromatic rings. The normalized spacial score (nSPS) is 20.1. The van der Waals surface area contributed by atoms with Crippen molar-refractivity contribution >= 4 is 18.4 Å². The summed E-state index contributed by atoms with van der Waals surface area (Å²) in [5.41, 5.74) is 0. The summed E-state index contributed by atoms with van der Waals surface area (Å²) in [5.74, 6) is -0.350. The van der Waals surface area contributed by atoms with E-state index >= 15 is 0 Å². The molecule has 0 aromatic heterocycles. The molecule has 1 aliphatic rings. The molecule has 12 heavy (non-hydrogen) atoms. The van der Waals surface area contributed by atoms with E-state index in [0.29, 0.717) is 5.92 Å². The second kappa shape index (κ2) is 5.38. The number of nitrogens with one attached hydrogen (secondary N) is 1. The molecule has 0 unspecified atom stereocenters. The molecule has 0 aliphatic heterocycles. The number of halogens is 1. The molecular formula is C8H16ClNO2. The summed E-state index contributed by atoms with van der Waals surface area (Å²) < 4.78 is 0. The van der Waals surface area contributed by atoms with Crippen LogP contribution in [0.2, 0.25) is 0 Å². The Hall–Kier alpha value is -0.280. The Morgan fingerprint density at radius 2 is 2.00 bits per heavy atom. The van der Waals surface area contributed by atoms with Gasteiger partial charge in [-0.25, -0.2) is 0 Å². The monoisotopic (exact) mass is 193 g/mol. The topological polar surface area (TPSA) is 49.3 Å². The highest BCUT2D eigenvalue weighted by molar-refractivity contribution is 5.85. The van der Waals surface area contributed by atoms with Crippen LogP contribution < -0.4 is 5.32 Å². The quantitative estimate of drug-likeness (QED) is 0.710. The van der Waals surface area contributed by atoms with E-state index in [-0.39, 0.29) is 18.4 Å². The minimum atomic E-state index is -0.709. The van der Waals surface area contributed by atoms with Crippen molar-refractivity contribution in [1.82, 2.24) is 5.32 Å². The van der Waals surface area contributed by atoms with Crippen LogP contribution >= 0.6 is 12.4 Å². The highest BCUT2D eigenvalue weighted by Crippen LogP contribution is 2.27. The Morgan fingerprint density at radius 3 is 2.33 bits per heavy atom. The van der Waals surface area contributed by atoms with Crippen molar-refractivity contribution in [3.8, 4) is 0 Å².